The smallest absolute Gasteiger partial charge is 0.141 e. The maximum Gasteiger partial charge on any atom is 0.141 e. The molecule has 35 heavy (non-hydrogen) atoms. The lowest BCUT2D eigenvalue weighted by atomic mass is 9.90. The largest absolute Gasteiger partial charge is 0.341 e. The molecule has 0 aliphatic heterocycles. The lowest BCUT2D eigenvalue weighted by Crippen LogP contribution is -2.31. The molecule has 8 heteroatoms. The highest BCUT2D eigenvalue weighted by atomic mass is 15.4. The van der Waals surface area contributed by atoms with Gasteiger partial charge in [-0.25, -0.2) is 9.66 Å². The van der Waals surface area contributed by atoms with Crippen LogP contribution >= 0.6 is 0 Å². The van der Waals surface area contributed by atoms with Crippen molar-refractivity contribution in [3.8, 4) is 0 Å². The molecule has 8 nitrogen and oxygen atoms in total. The number of pyridine rings is 1. The van der Waals surface area contributed by atoms with Gasteiger partial charge in [-0.1, -0.05) is 42.5 Å². The van der Waals surface area contributed by atoms with E-state index in [4.69, 9.17) is 9.97 Å². The second-order valence-corrected chi connectivity index (χ2v) is 8.89. The monoisotopic (exact) mass is 462 g/mol. The van der Waals surface area contributed by atoms with Crippen LogP contribution in [0.4, 0.5) is 0 Å². The van der Waals surface area contributed by atoms with Crippen molar-refractivity contribution in [3.63, 3.8) is 0 Å². The molecule has 3 aromatic heterocycles. The number of fused-ring (bicyclic) bond motifs is 2. The summed E-state index contributed by atoms with van der Waals surface area (Å²) in [4.78, 5) is 15.7. The quantitative estimate of drug-likeness (QED) is 0.360. The van der Waals surface area contributed by atoms with E-state index >= 15 is 0 Å². The number of nitrogens with zero attached hydrogens (tertiary/aromatic N) is 7. The predicted molar refractivity (Wildman–Crippen MR) is 135 cm³/mol. The van der Waals surface area contributed by atoms with Gasteiger partial charge in [-0.3, -0.25) is 9.88 Å². The van der Waals surface area contributed by atoms with Gasteiger partial charge >= 0.3 is 0 Å². The average molecular weight is 463 g/mol. The van der Waals surface area contributed by atoms with E-state index in [0.29, 0.717) is 0 Å². The van der Waals surface area contributed by atoms with Crippen molar-refractivity contribution in [1.29, 1.82) is 0 Å². The fraction of sp³-hybridized carbons (Fsp3) is 0.222. The summed E-state index contributed by atoms with van der Waals surface area (Å²) in [7, 11) is 0. The number of rotatable bonds is 7. The number of benzene rings is 2. The second kappa shape index (κ2) is 9.60. The van der Waals surface area contributed by atoms with Crippen molar-refractivity contribution in [2.45, 2.75) is 38.4 Å². The number of nitrogens with one attached hydrogen (secondary N) is 1. The Balaban J connectivity index is 1.27. The van der Waals surface area contributed by atoms with Crippen LogP contribution in [0, 0.1) is 0 Å². The first-order valence-corrected chi connectivity index (χ1v) is 11.9. The van der Waals surface area contributed by atoms with Gasteiger partial charge in [0.05, 0.1) is 35.5 Å². The fourth-order valence-electron chi connectivity index (χ4n) is 4.82. The summed E-state index contributed by atoms with van der Waals surface area (Å²) in [5, 5.41) is 11.9. The molecule has 0 amide bonds. The summed E-state index contributed by atoms with van der Waals surface area (Å²) >= 11 is 0. The molecule has 0 radical (unpaired) electrons. The highest BCUT2D eigenvalue weighted by Gasteiger charge is 2.28. The van der Waals surface area contributed by atoms with Gasteiger partial charge in [0.15, 0.2) is 0 Å². The summed E-state index contributed by atoms with van der Waals surface area (Å²) in [6.07, 6.45) is 10.2. The molecule has 5 aromatic rings. The average Bonchev–Trinajstić information content (AvgIpc) is 3.57. The Kier molecular flexibility index (Phi) is 5.86. The zero-order chi connectivity index (χ0) is 23.5. The minimum atomic E-state index is 0.253. The minimum Gasteiger partial charge on any atom is -0.341 e. The Morgan fingerprint density at radius 2 is 1.86 bits per heavy atom. The lowest BCUT2D eigenvalue weighted by Gasteiger charge is -2.34. The zero-order valence-corrected chi connectivity index (χ0v) is 19.3. The summed E-state index contributed by atoms with van der Waals surface area (Å²) in [5.74, 6) is 0.979. The van der Waals surface area contributed by atoms with Crippen LogP contribution in [0.3, 0.4) is 0 Å². The number of H-pyrrole nitrogens is 1. The first-order valence-electron chi connectivity index (χ1n) is 11.9. The number of para-hydroxylation sites is 2. The minimum absolute atomic E-state index is 0.253. The number of hydrogen-bond acceptors (Lipinski definition) is 6. The lowest BCUT2D eigenvalue weighted by molar-refractivity contribution is 0.153. The van der Waals surface area contributed by atoms with Gasteiger partial charge in [0.25, 0.3) is 0 Å². The zero-order valence-electron chi connectivity index (χ0n) is 19.3. The number of aromatic amines is 1. The van der Waals surface area contributed by atoms with E-state index in [1.807, 2.05) is 24.4 Å². The van der Waals surface area contributed by atoms with Crippen molar-refractivity contribution in [2.24, 2.45) is 5.10 Å². The molecule has 174 valence electrons. The van der Waals surface area contributed by atoms with Crippen molar-refractivity contribution >= 4 is 17.2 Å². The van der Waals surface area contributed by atoms with Crippen molar-refractivity contribution < 1.29 is 0 Å². The van der Waals surface area contributed by atoms with E-state index in [2.05, 4.69) is 67.6 Å². The third-order valence-electron chi connectivity index (χ3n) is 6.51. The van der Waals surface area contributed by atoms with Gasteiger partial charge in [-0.2, -0.15) is 5.10 Å². The van der Waals surface area contributed by atoms with E-state index in [9.17, 15) is 0 Å². The van der Waals surface area contributed by atoms with E-state index in [1.165, 1.54) is 23.2 Å². The van der Waals surface area contributed by atoms with E-state index in [0.717, 1.165) is 48.4 Å². The molecule has 6 rings (SSSR count). The maximum absolute atomic E-state index is 4.86. The van der Waals surface area contributed by atoms with Crippen LogP contribution in [0.25, 0.3) is 11.0 Å². The molecule has 1 aliphatic carbocycles. The van der Waals surface area contributed by atoms with Gasteiger partial charge in [-0.15, -0.1) is 10.2 Å². The number of hydrogen-bond donors (Lipinski definition) is 1. The highest BCUT2D eigenvalue weighted by Crippen LogP contribution is 2.34. The maximum atomic E-state index is 4.86. The SMILES string of the molecule is C(=Nn1cnnc1)c1ccc(CN(Cc2nc3ccccc3[nH]2)C2CCCc3cccnc32)cc1. The summed E-state index contributed by atoms with van der Waals surface area (Å²) in [6.45, 7) is 1.53. The van der Waals surface area contributed by atoms with Crippen LogP contribution in [0.5, 0.6) is 0 Å². The van der Waals surface area contributed by atoms with Crippen LogP contribution in [0.2, 0.25) is 0 Å². The Bertz CT molecular complexity index is 1400. The Morgan fingerprint density at radius 1 is 1.00 bits per heavy atom. The molecular weight excluding hydrogens is 436 g/mol. The molecule has 0 bridgehead atoms. The standard InChI is InChI=1S/C27H26N8/c1-2-8-24-23(7-1)32-26(33-24)17-34(25-9-3-5-22-6-4-14-28-27(22)25)16-21-12-10-20(11-13-21)15-31-35-18-29-30-19-35/h1-2,4,6-8,10-15,18-19,25H,3,5,9,16-17H2,(H,32,33). The molecule has 0 fully saturated rings. The predicted octanol–water partition coefficient (Wildman–Crippen LogP) is 4.51. The van der Waals surface area contributed by atoms with Gasteiger partial charge in [0.1, 0.15) is 18.5 Å². The van der Waals surface area contributed by atoms with Crippen LogP contribution in [0.1, 0.15) is 47.1 Å². The Hall–Kier alpha value is -4.17. The summed E-state index contributed by atoms with van der Waals surface area (Å²) < 4.78 is 1.58. The normalized spacial score (nSPS) is 15.7. The van der Waals surface area contributed by atoms with Crippen LogP contribution in [-0.4, -0.2) is 40.9 Å². The topological polar surface area (TPSA) is 87.9 Å². The van der Waals surface area contributed by atoms with E-state index in [1.54, 1.807) is 23.5 Å². The number of aromatic nitrogens is 6. The third-order valence-corrected chi connectivity index (χ3v) is 6.51. The number of aryl methyl sites for hydroxylation is 1. The van der Waals surface area contributed by atoms with Gasteiger partial charge in [-0.05, 0) is 54.2 Å². The molecule has 0 saturated carbocycles. The Labute approximate surface area is 203 Å². The van der Waals surface area contributed by atoms with Gasteiger partial charge in [0.2, 0.25) is 0 Å². The molecule has 1 N–H and O–H groups in total. The molecule has 0 spiro atoms. The first-order chi connectivity index (χ1) is 17.3. The van der Waals surface area contributed by atoms with E-state index in [-0.39, 0.29) is 6.04 Å². The Morgan fingerprint density at radius 3 is 2.71 bits per heavy atom. The van der Waals surface area contributed by atoms with Gasteiger partial charge in [0, 0.05) is 12.7 Å². The van der Waals surface area contributed by atoms with Crippen molar-refractivity contribution in [1.82, 2.24) is 34.7 Å². The van der Waals surface area contributed by atoms with Crippen LogP contribution in [-0.2, 0) is 19.5 Å². The third kappa shape index (κ3) is 4.74. The van der Waals surface area contributed by atoms with Crippen molar-refractivity contribution in [3.05, 3.63) is 108 Å². The van der Waals surface area contributed by atoms with Crippen LogP contribution in [0.15, 0.2) is 84.6 Å². The molecule has 1 atom stereocenters. The molecule has 2 aromatic carbocycles. The molecule has 3 heterocycles. The van der Waals surface area contributed by atoms with Crippen molar-refractivity contribution in [2.75, 3.05) is 0 Å². The second-order valence-electron chi connectivity index (χ2n) is 8.89. The number of imidazole rings is 1. The molecule has 0 saturated heterocycles. The fourth-order valence-corrected chi connectivity index (χ4v) is 4.82. The molecule has 1 unspecified atom stereocenters. The molecular formula is C27H26N8. The molecule has 1 aliphatic rings. The highest BCUT2D eigenvalue weighted by molar-refractivity contribution is 5.79. The van der Waals surface area contributed by atoms with E-state index < -0.39 is 0 Å². The van der Waals surface area contributed by atoms with Crippen LogP contribution < -0.4 is 0 Å². The summed E-state index contributed by atoms with van der Waals surface area (Å²) in [6, 6.07) is 21.2. The summed E-state index contributed by atoms with van der Waals surface area (Å²) in [5.41, 5.74) is 6.90. The first kappa shape index (κ1) is 21.4. The van der Waals surface area contributed by atoms with Gasteiger partial charge < -0.3 is 4.98 Å².